The van der Waals surface area contributed by atoms with Gasteiger partial charge in [-0.2, -0.15) is 0 Å². The molecule has 0 N–H and O–H groups in total. The van der Waals surface area contributed by atoms with Gasteiger partial charge in [0.1, 0.15) is 0 Å². The Labute approximate surface area is 115 Å². The van der Waals surface area contributed by atoms with E-state index < -0.39 is 0 Å². The average Bonchev–Trinajstić information content (AvgIpc) is 2.40. The molecule has 2 aromatic rings. The molecule has 0 amide bonds. The fourth-order valence-electron chi connectivity index (χ4n) is 2.75. The zero-order chi connectivity index (χ0) is 12.5. The van der Waals surface area contributed by atoms with Gasteiger partial charge in [-0.3, -0.25) is 4.79 Å². The zero-order valence-electron chi connectivity index (χ0n) is 10.2. The number of hydrogen-bond acceptors (Lipinski definition) is 1. The molecule has 3 rings (SSSR count). The summed E-state index contributed by atoms with van der Waals surface area (Å²) in [7, 11) is 0. The average molecular weight is 303 g/mol. The molecule has 0 saturated heterocycles. The van der Waals surface area contributed by atoms with Crippen LogP contribution in [0.3, 0.4) is 0 Å². The molecule has 0 saturated carbocycles. The predicted octanol–water partition coefficient (Wildman–Crippen LogP) is 5.03. The highest BCUT2D eigenvalue weighted by Crippen LogP contribution is 2.37. The van der Waals surface area contributed by atoms with E-state index in [-0.39, 0.29) is 0 Å². The number of alkyl halides is 1. The van der Waals surface area contributed by atoms with Gasteiger partial charge in [-0.15, -0.1) is 0 Å². The van der Waals surface area contributed by atoms with Gasteiger partial charge in [0.15, 0.2) is 5.78 Å². The molecular weight excluding hydrogens is 288 g/mol. The van der Waals surface area contributed by atoms with Crippen LogP contribution in [0.4, 0.5) is 0 Å². The molecule has 92 valence electrons. The number of hydrogen-bond donors (Lipinski definition) is 0. The minimum absolute atomic E-state index is 0.297. The smallest absolute Gasteiger partial charge is 0.163 e. The Morgan fingerprint density at radius 1 is 1.06 bits per heavy atom. The van der Waals surface area contributed by atoms with Gasteiger partial charge in [0, 0.05) is 16.8 Å². The first-order valence-electron chi connectivity index (χ1n) is 6.46. The first kappa shape index (κ1) is 11.9. The predicted molar refractivity (Wildman–Crippen MR) is 78.4 cm³/mol. The van der Waals surface area contributed by atoms with Gasteiger partial charge in [-0.25, -0.2) is 0 Å². The van der Waals surface area contributed by atoms with E-state index in [2.05, 4.69) is 40.2 Å². The molecule has 0 spiro atoms. The van der Waals surface area contributed by atoms with Crippen LogP contribution >= 0.6 is 15.9 Å². The molecule has 1 atom stereocenters. The van der Waals surface area contributed by atoms with Crippen LogP contribution in [-0.2, 0) is 0 Å². The Morgan fingerprint density at radius 3 is 2.78 bits per heavy atom. The number of benzene rings is 2. The third-order valence-electron chi connectivity index (χ3n) is 3.69. The van der Waals surface area contributed by atoms with Crippen molar-refractivity contribution in [1.29, 1.82) is 0 Å². The lowest BCUT2D eigenvalue weighted by atomic mass is 9.88. The third-order valence-corrected chi connectivity index (χ3v) is 4.64. The van der Waals surface area contributed by atoms with Gasteiger partial charge < -0.3 is 0 Å². The highest BCUT2D eigenvalue weighted by atomic mass is 79.9. The summed E-state index contributed by atoms with van der Waals surface area (Å²) in [5.74, 6) is 0.297. The molecule has 0 bridgehead atoms. The molecule has 0 aliphatic heterocycles. The number of halogens is 1. The van der Waals surface area contributed by atoms with Crippen molar-refractivity contribution in [3.8, 4) is 0 Å². The highest BCUT2D eigenvalue weighted by molar-refractivity contribution is 9.09. The van der Waals surface area contributed by atoms with E-state index in [9.17, 15) is 4.79 Å². The summed E-state index contributed by atoms with van der Waals surface area (Å²) in [4.78, 5) is 12.7. The Kier molecular flexibility index (Phi) is 3.21. The minimum Gasteiger partial charge on any atom is -0.294 e. The molecule has 0 aromatic heterocycles. The normalized spacial score (nSPS) is 20.3. The SMILES string of the molecule is O=C1CCCC[C@@H](Br)c2ccc3ccccc3c21. The summed E-state index contributed by atoms with van der Waals surface area (Å²) < 4.78 is 0. The Bertz CT molecular complexity index is 603. The fourth-order valence-corrected chi connectivity index (χ4v) is 3.46. The highest BCUT2D eigenvalue weighted by Gasteiger charge is 2.21. The molecule has 2 heteroatoms. The van der Waals surface area contributed by atoms with Crippen molar-refractivity contribution in [3.63, 3.8) is 0 Å². The van der Waals surface area contributed by atoms with Crippen LogP contribution in [0.2, 0.25) is 0 Å². The summed E-state index contributed by atoms with van der Waals surface area (Å²) in [5.41, 5.74) is 2.10. The van der Waals surface area contributed by atoms with Crippen molar-refractivity contribution >= 4 is 32.5 Å². The van der Waals surface area contributed by atoms with Crippen molar-refractivity contribution in [1.82, 2.24) is 0 Å². The van der Waals surface area contributed by atoms with Gasteiger partial charge >= 0.3 is 0 Å². The maximum atomic E-state index is 12.4. The molecule has 0 unspecified atom stereocenters. The van der Waals surface area contributed by atoms with E-state index >= 15 is 0 Å². The standard InChI is InChI=1S/C16H15BrO/c17-14-7-3-4-8-15(18)16-12-6-2-1-5-11(12)9-10-13(14)16/h1-2,5-6,9-10,14H,3-4,7-8H2/t14-/m1/s1. The van der Waals surface area contributed by atoms with Crippen LogP contribution < -0.4 is 0 Å². The first-order valence-corrected chi connectivity index (χ1v) is 7.38. The van der Waals surface area contributed by atoms with Gasteiger partial charge in [0.25, 0.3) is 0 Å². The van der Waals surface area contributed by atoms with E-state index in [1.807, 2.05) is 12.1 Å². The second kappa shape index (κ2) is 4.85. The van der Waals surface area contributed by atoms with Crippen LogP contribution in [0.1, 0.15) is 46.4 Å². The lowest BCUT2D eigenvalue weighted by molar-refractivity contribution is 0.0978. The lowest BCUT2D eigenvalue weighted by Crippen LogP contribution is -2.09. The van der Waals surface area contributed by atoms with E-state index in [1.54, 1.807) is 0 Å². The van der Waals surface area contributed by atoms with Crippen LogP contribution in [0, 0.1) is 0 Å². The van der Waals surface area contributed by atoms with Crippen molar-refractivity contribution in [3.05, 3.63) is 47.5 Å². The van der Waals surface area contributed by atoms with Gasteiger partial charge in [0.05, 0.1) is 0 Å². The summed E-state index contributed by atoms with van der Waals surface area (Å²) in [5, 5.41) is 2.26. The Balaban J connectivity index is 2.30. The summed E-state index contributed by atoms with van der Waals surface area (Å²) in [6, 6.07) is 12.4. The number of carbonyl (C=O) groups is 1. The molecule has 0 radical (unpaired) electrons. The summed E-state index contributed by atoms with van der Waals surface area (Å²) >= 11 is 3.73. The van der Waals surface area contributed by atoms with Gasteiger partial charge in [0.2, 0.25) is 0 Å². The van der Waals surface area contributed by atoms with E-state index in [0.29, 0.717) is 17.0 Å². The molecule has 1 aliphatic carbocycles. The third kappa shape index (κ3) is 1.99. The monoisotopic (exact) mass is 302 g/mol. The zero-order valence-corrected chi connectivity index (χ0v) is 11.7. The molecular formula is C16H15BrO. The Hall–Kier alpha value is -1.15. The maximum Gasteiger partial charge on any atom is 0.163 e. The number of ketones is 1. The van der Waals surface area contributed by atoms with E-state index in [0.717, 1.165) is 35.6 Å². The van der Waals surface area contributed by atoms with Crippen LogP contribution in [0.25, 0.3) is 10.8 Å². The van der Waals surface area contributed by atoms with Gasteiger partial charge in [-0.05, 0) is 29.2 Å². The van der Waals surface area contributed by atoms with Crippen LogP contribution in [-0.4, -0.2) is 5.78 Å². The molecule has 1 aliphatic rings. The topological polar surface area (TPSA) is 17.1 Å². The second-order valence-electron chi connectivity index (χ2n) is 4.89. The first-order chi connectivity index (χ1) is 8.77. The van der Waals surface area contributed by atoms with Crippen molar-refractivity contribution in [2.75, 3.05) is 0 Å². The number of fused-ring (bicyclic) bond motifs is 3. The lowest BCUT2D eigenvalue weighted by Gasteiger charge is -2.19. The summed E-state index contributed by atoms with van der Waals surface area (Å²) in [6.45, 7) is 0. The fraction of sp³-hybridized carbons (Fsp3) is 0.312. The largest absolute Gasteiger partial charge is 0.294 e. The van der Waals surface area contributed by atoms with Gasteiger partial charge in [-0.1, -0.05) is 58.7 Å². The molecule has 0 fully saturated rings. The number of carbonyl (C=O) groups excluding carboxylic acids is 1. The van der Waals surface area contributed by atoms with Crippen molar-refractivity contribution in [2.45, 2.75) is 30.5 Å². The summed E-state index contributed by atoms with van der Waals surface area (Å²) in [6.07, 6.45) is 3.91. The molecule has 0 heterocycles. The Morgan fingerprint density at radius 2 is 1.89 bits per heavy atom. The molecule has 2 aromatic carbocycles. The molecule has 1 nitrogen and oxygen atoms in total. The van der Waals surface area contributed by atoms with Crippen LogP contribution in [0.5, 0.6) is 0 Å². The minimum atomic E-state index is 0.297. The van der Waals surface area contributed by atoms with Crippen LogP contribution in [0.15, 0.2) is 36.4 Å². The number of rotatable bonds is 0. The number of Topliss-reactive ketones (excluding diaryl/α,β-unsaturated/α-hetero) is 1. The second-order valence-corrected chi connectivity index (χ2v) is 5.99. The quantitative estimate of drug-likeness (QED) is 0.624. The van der Waals surface area contributed by atoms with E-state index in [4.69, 9.17) is 0 Å². The maximum absolute atomic E-state index is 12.4. The van der Waals surface area contributed by atoms with Crippen molar-refractivity contribution < 1.29 is 4.79 Å². The van der Waals surface area contributed by atoms with E-state index in [1.165, 1.54) is 5.56 Å². The van der Waals surface area contributed by atoms with Crippen molar-refractivity contribution in [2.24, 2.45) is 0 Å². The molecule has 18 heavy (non-hydrogen) atoms.